The molecule has 0 radical (unpaired) electrons. The van der Waals surface area contributed by atoms with Gasteiger partial charge in [-0.05, 0) is 64.2 Å². The number of hydrogen-bond acceptors (Lipinski definition) is 2. The number of carbonyl (C=O) groups is 2. The zero-order valence-corrected chi connectivity index (χ0v) is 23.1. The van der Waals surface area contributed by atoms with Crippen molar-refractivity contribution in [3.63, 3.8) is 0 Å². The van der Waals surface area contributed by atoms with Crippen LogP contribution in [0.15, 0.2) is 0 Å². The van der Waals surface area contributed by atoms with Crippen LogP contribution in [0.1, 0.15) is 154 Å². The molecule has 2 unspecified atom stereocenters. The van der Waals surface area contributed by atoms with Crippen LogP contribution in [0.25, 0.3) is 0 Å². The summed E-state index contributed by atoms with van der Waals surface area (Å²) in [5.41, 5.74) is 0. The summed E-state index contributed by atoms with van der Waals surface area (Å²) < 4.78 is 0. The molecule has 0 aromatic rings. The minimum atomic E-state index is -0.0650. The molecule has 5 aliphatic rings. The lowest BCUT2D eigenvalue weighted by Gasteiger charge is -2.47. The maximum absolute atomic E-state index is 14.5. The molecule has 5 saturated carbocycles. The van der Waals surface area contributed by atoms with Gasteiger partial charge in [0, 0.05) is 36.0 Å². The Morgan fingerprint density at radius 3 is 0.806 bits per heavy atom. The summed E-state index contributed by atoms with van der Waals surface area (Å²) in [5.74, 6) is 0.646. The number of rotatable bonds is 6. The van der Waals surface area contributed by atoms with Crippen molar-refractivity contribution in [1.82, 2.24) is 9.80 Å². The molecular weight excluding hydrogens is 444 g/mol. The molecular formula is C32H54N2O2. The number of carbonyl (C=O) groups excluding carboxylic acids is 2. The molecule has 2 atom stereocenters. The predicted octanol–water partition coefficient (Wildman–Crippen LogP) is 7.78. The van der Waals surface area contributed by atoms with Crippen LogP contribution in [-0.4, -0.2) is 45.8 Å². The van der Waals surface area contributed by atoms with Crippen molar-refractivity contribution in [3.05, 3.63) is 0 Å². The molecule has 0 bridgehead atoms. The molecule has 0 aliphatic heterocycles. The Hall–Kier alpha value is -1.06. The first-order chi connectivity index (χ1) is 17.7. The Morgan fingerprint density at radius 1 is 0.333 bits per heavy atom. The highest BCUT2D eigenvalue weighted by Crippen LogP contribution is 2.40. The summed E-state index contributed by atoms with van der Waals surface area (Å²) >= 11 is 0. The van der Waals surface area contributed by atoms with Crippen LogP contribution >= 0.6 is 0 Å². The van der Waals surface area contributed by atoms with E-state index in [0.29, 0.717) is 36.0 Å². The summed E-state index contributed by atoms with van der Waals surface area (Å²) in [5, 5.41) is 0. The summed E-state index contributed by atoms with van der Waals surface area (Å²) in [6.07, 6.45) is 29.0. The van der Waals surface area contributed by atoms with Gasteiger partial charge in [0.05, 0.1) is 0 Å². The highest BCUT2D eigenvalue weighted by atomic mass is 16.2. The fourth-order valence-electron chi connectivity index (χ4n) is 8.86. The van der Waals surface area contributed by atoms with Crippen molar-refractivity contribution >= 4 is 11.8 Å². The molecule has 0 N–H and O–H groups in total. The predicted molar refractivity (Wildman–Crippen MR) is 147 cm³/mol. The first kappa shape index (κ1) is 26.5. The number of amides is 2. The van der Waals surface area contributed by atoms with Crippen molar-refractivity contribution in [2.75, 3.05) is 0 Å². The topological polar surface area (TPSA) is 40.6 Å². The molecule has 5 aliphatic carbocycles. The molecule has 0 heterocycles. The Labute approximate surface area is 221 Å². The molecule has 4 nitrogen and oxygen atoms in total. The van der Waals surface area contributed by atoms with Crippen LogP contribution < -0.4 is 0 Å². The molecule has 0 spiro atoms. The fraction of sp³-hybridized carbons (Fsp3) is 0.938. The summed E-state index contributed by atoms with van der Waals surface area (Å²) in [4.78, 5) is 33.9. The number of nitrogens with zero attached hydrogens (tertiary/aromatic N) is 2. The van der Waals surface area contributed by atoms with E-state index in [4.69, 9.17) is 0 Å². The molecule has 0 aromatic heterocycles. The van der Waals surface area contributed by atoms with Crippen LogP contribution in [0.4, 0.5) is 0 Å². The Morgan fingerprint density at radius 2 is 0.556 bits per heavy atom. The minimum absolute atomic E-state index is 0.0650. The lowest BCUT2D eigenvalue weighted by molar-refractivity contribution is -0.155. The van der Waals surface area contributed by atoms with Gasteiger partial charge in [-0.2, -0.15) is 0 Å². The van der Waals surface area contributed by atoms with E-state index >= 15 is 0 Å². The minimum Gasteiger partial charge on any atom is -0.336 e. The van der Waals surface area contributed by atoms with E-state index in [9.17, 15) is 9.59 Å². The van der Waals surface area contributed by atoms with Crippen molar-refractivity contribution in [1.29, 1.82) is 0 Å². The lowest BCUT2D eigenvalue weighted by atomic mass is 9.75. The van der Waals surface area contributed by atoms with E-state index in [1.807, 2.05) is 0 Å². The van der Waals surface area contributed by atoms with Crippen molar-refractivity contribution in [3.8, 4) is 0 Å². The standard InChI is InChI=1S/C32H54N2O2/c35-31(33(25-15-5-1-6-16-25)26-17-7-2-8-18-26)29-23-13-14-24-30(29)32(36)34(27-19-9-3-10-20-27)28-21-11-4-12-22-28/h25-30H,1-24H2. The molecule has 0 aromatic carbocycles. The third-order valence-corrected chi connectivity index (χ3v) is 10.8. The second-order valence-corrected chi connectivity index (χ2v) is 13.2. The Balaban J connectivity index is 1.38. The smallest absolute Gasteiger partial charge is 0.226 e. The summed E-state index contributed by atoms with van der Waals surface area (Å²) in [6.45, 7) is 0. The molecule has 36 heavy (non-hydrogen) atoms. The normalized spacial score (nSPS) is 30.1. The van der Waals surface area contributed by atoms with Crippen LogP contribution in [0.3, 0.4) is 0 Å². The highest BCUT2D eigenvalue weighted by Gasteiger charge is 2.45. The summed E-state index contributed by atoms with van der Waals surface area (Å²) in [7, 11) is 0. The largest absolute Gasteiger partial charge is 0.336 e. The van der Waals surface area contributed by atoms with Crippen LogP contribution in [0, 0.1) is 11.8 Å². The van der Waals surface area contributed by atoms with Crippen LogP contribution in [0.5, 0.6) is 0 Å². The van der Waals surface area contributed by atoms with E-state index in [1.54, 1.807) is 0 Å². The quantitative estimate of drug-likeness (QED) is 0.375. The molecule has 4 heteroatoms. The average molecular weight is 499 g/mol. The van der Waals surface area contributed by atoms with Crippen LogP contribution in [-0.2, 0) is 9.59 Å². The van der Waals surface area contributed by atoms with Gasteiger partial charge in [0.25, 0.3) is 0 Å². The fourth-order valence-corrected chi connectivity index (χ4v) is 8.86. The van der Waals surface area contributed by atoms with Gasteiger partial charge >= 0.3 is 0 Å². The maximum atomic E-state index is 14.5. The molecule has 5 rings (SSSR count). The van der Waals surface area contributed by atoms with Gasteiger partial charge in [0.2, 0.25) is 11.8 Å². The Bertz CT molecular complexity index is 603. The molecule has 2 amide bonds. The Kier molecular flexibility index (Phi) is 9.69. The van der Waals surface area contributed by atoms with Crippen molar-refractivity contribution in [2.45, 2.75) is 178 Å². The average Bonchev–Trinajstić information content (AvgIpc) is 2.95. The van der Waals surface area contributed by atoms with E-state index in [1.165, 1.54) is 128 Å². The van der Waals surface area contributed by atoms with Crippen molar-refractivity contribution in [2.24, 2.45) is 11.8 Å². The first-order valence-corrected chi connectivity index (χ1v) is 16.4. The third kappa shape index (κ3) is 6.15. The zero-order valence-electron chi connectivity index (χ0n) is 23.1. The molecule has 0 saturated heterocycles. The zero-order chi connectivity index (χ0) is 24.7. The monoisotopic (exact) mass is 498 g/mol. The second-order valence-electron chi connectivity index (χ2n) is 13.2. The van der Waals surface area contributed by atoms with E-state index in [0.717, 1.165) is 25.7 Å². The lowest BCUT2D eigenvalue weighted by Crippen LogP contribution is -2.56. The van der Waals surface area contributed by atoms with E-state index in [-0.39, 0.29) is 11.8 Å². The molecule has 5 fully saturated rings. The first-order valence-electron chi connectivity index (χ1n) is 16.4. The van der Waals surface area contributed by atoms with Gasteiger partial charge in [-0.3, -0.25) is 9.59 Å². The van der Waals surface area contributed by atoms with Gasteiger partial charge in [0.15, 0.2) is 0 Å². The third-order valence-electron chi connectivity index (χ3n) is 10.8. The van der Waals surface area contributed by atoms with Gasteiger partial charge in [-0.1, -0.05) is 89.9 Å². The van der Waals surface area contributed by atoms with E-state index < -0.39 is 0 Å². The maximum Gasteiger partial charge on any atom is 0.226 e. The van der Waals surface area contributed by atoms with E-state index in [2.05, 4.69) is 9.80 Å². The van der Waals surface area contributed by atoms with Gasteiger partial charge in [-0.15, -0.1) is 0 Å². The molecule has 204 valence electrons. The number of hydrogen-bond donors (Lipinski definition) is 0. The van der Waals surface area contributed by atoms with Crippen molar-refractivity contribution < 1.29 is 9.59 Å². The van der Waals surface area contributed by atoms with Crippen LogP contribution in [0.2, 0.25) is 0 Å². The van der Waals surface area contributed by atoms with Gasteiger partial charge < -0.3 is 9.80 Å². The SMILES string of the molecule is O=C(C1CCCCC1C(=O)N(C1CCCCC1)C1CCCCC1)N(C1CCCCC1)C1CCCCC1. The van der Waals surface area contributed by atoms with Gasteiger partial charge in [0.1, 0.15) is 0 Å². The second kappa shape index (κ2) is 13.1. The van der Waals surface area contributed by atoms with Gasteiger partial charge in [-0.25, -0.2) is 0 Å². The summed E-state index contributed by atoms with van der Waals surface area (Å²) in [6, 6.07) is 1.72. The highest BCUT2D eigenvalue weighted by molar-refractivity contribution is 5.88.